The van der Waals surface area contributed by atoms with Crippen LogP contribution in [0.5, 0.6) is 0 Å². The van der Waals surface area contributed by atoms with Gasteiger partial charge in [-0.15, -0.1) is 0 Å². The number of fused-ring (bicyclic) bond motifs is 1. The Hall–Kier alpha value is -2.70. The second-order valence-electron chi connectivity index (χ2n) is 6.03. The zero-order valence-corrected chi connectivity index (χ0v) is 15.2. The van der Waals surface area contributed by atoms with Gasteiger partial charge in [0.1, 0.15) is 0 Å². The number of rotatable bonds is 6. The van der Waals surface area contributed by atoms with Crippen LogP contribution in [0.3, 0.4) is 0 Å². The lowest BCUT2D eigenvalue weighted by atomic mass is 10.1. The highest BCUT2D eigenvalue weighted by Gasteiger charge is 2.23. The highest BCUT2D eigenvalue weighted by atomic mass is 32.2. The number of likely N-dealkylation sites (N-methyl/N-ethyl adjacent to an activating group) is 1. The smallest absolute Gasteiger partial charge is 0.243 e. The van der Waals surface area contributed by atoms with Crippen LogP contribution >= 0.6 is 0 Å². The predicted molar refractivity (Wildman–Crippen MR) is 102 cm³/mol. The van der Waals surface area contributed by atoms with Crippen LogP contribution in [0.2, 0.25) is 0 Å². The second-order valence-corrected chi connectivity index (χ2v) is 8.08. The summed E-state index contributed by atoms with van der Waals surface area (Å²) in [4.78, 5) is 12.3. The van der Waals surface area contributed by atoms with E-state index in [0.717, 1.165) is 20.6 Å². The molecule has 0 atom stereocenters. The summed E-state index contributed by atoms with van der Waals surface area (Å²) in [5.74, 6) is -0.347. The Morgan fingerprint density at radius 2 is 1.58 bits per heavy atom. The third-order valence-electron chi connectivity index (χ3n) is 4.13. The number of hydrogen-bond donors (Lipinski definition) is 1. The van der Waals surface area contributed by atoms with E-state index >= 15 is 0 Å². The predicted octanol–water partition coefficient (Wildman–Crippen LogP) is 2.78. The Morgan fingerprint density at radius 3 is 2.31 bits per heavy atom. The standard InChI is InChI=1S/C20H20N2O3S/c1-22(15-20(23)21-14-16-7-3-2-4-8-16)26(24,25)19-12-11-17-9-5-6-10-18(17)13-19/h2-13H,14-15H2,1H3,(H,21,23). The summed E-state index contributed by atoms with van der Waals surface area (Å²) in [5.41, 5.74) is 0.959. The van der Waals surface area contributed by atoms with Crippen molar-refractivity contribution in [3.05, 3.63) is 78.4 Å². The van der Waals surface area contributed by atoms with Crippen LogP contribution in [-0.2, 0) is 21.4 Å². The minimum atomic E-state index is -3.74. The van der Waals surface area contributed by atoms with E-state index in [1.807, 2.05) is 54.6 Å². The summed E-state index contributed by atoms with van der Waals surface area (Å²) < 4.78 is 26.5. The van der Waals surface area contributed by atoms with Crippen molar-refractivity contribution < 1.29 is 13.2 Å². The molecule has 0 aromatic heterocycles. The number of amides is 1. The first kappa shape index (κ1) is 18.1. The molecule has 0 fully saturated rings. The van der Waals surface area contributed by atoms with Gasteiger partial charge in [-0.2, -0.15) is 4.31 Å². The Bertz CT molecular complexity index is 1020. The van der Waals surface area contributed by atoms with Gasteiger partial charge in [-0.1, -0.05) is 60.7 Å². The fraction of sp³-hybridized carbons (Fsp3) is 0.150. The molecule has 0 spiro atoms. The van der Waals surface area contributed by atoms with Gasteiger partial charge >= 0.3 is 0 Å². The van der Waals surface area contributed by atoms with Gasteiger partial charge < -0.3 is 5.32 Å². The summed E-state index contributed by atoms with van der Waals surface area (Å²) in [6, 6.07) is 22.0. The van der Waals surface area contributed by atoms with E-state index in [2.05, 4.69) is 5.32 Å². The van der Waals surface area contributed by atoms with Gasteiger partial charge in [0.15, 0.2) is 0 Å². The monoisotopic (exact) mass is 368 g/mol. The first-order chi connectivity index (χ1) is 12.5. The average molecular weight is 368 g/mol. The molecule has 134 valence electrons. The molecule has 1 amide bonds. The molecule has 5 nitrogen and oxygen atoms in total. The molecule has 1 N–H and O–H groups in total. The van der Waals surface area contributed by atoms with E-state index in [-0.39, 0.29) is 17.3 Å². The fourth-order valence-electron chi connectivity index (χ4n) is 2.65. The molecule has 0 unspecified atom stereocenters. The van der Waals surface area contributed by atoms with Gasteiger partial charge in [-0.3, -0.25) is 4.79 Å². The first-order valence-corrected chi connectivity index (χ1v) is 9.66. The lowest BCUT2D eigenvalue weighted by Gasteiger charge is -2.17. The molecule has 0 aliphatic carbocycles. The van der Waals surface area contributed by atoms with Crippen molar-refractivity contribution in [2.75, 3.05) is 13.6 Å². The SMILES string of the molecule is CN(CC(=O)NCc1ccccc1)S(=O)(=O)c1ccc2ccccc2c1. The molecule has 3 rings (SSSR count). The minimum absolute atomic E-state index is 0.176. The number of hydrogen-bond acceptors (Lipinski definition) is 3. The largest absolute Gasteiger partial charge is 0.351 e. The summed E-state index contributed by atoms with van der Waals surface area (Å²) in [7, 11) is -2.33. The van der Waals surface area contributed by atoms with Crippen LogP contribution in [-0.4, -0.2) is 32.2 Å². The van der Waals surface area contributed by atoms with E-state index < -0.39 is 10.0 Å². The summed E-state index contributed by atoms with van der Waals surface area (Å²) in [6.07, 6.45) is 0. The Morgan fingerprint density at radius 1 is 0.923 bits per heavy atom. The number of carbonyl (C=O) groups excluding carboxylic acids is 1. The molecule has 0 bridgehead atoms. The highest BCUT2D eigenvalue weighted by Crippen LogP contribution is 2.21. The molecule has 3 aromatic carbocycles. The van der Waals surface area contributed by atoms with Crippen molar-refractivity contribution in [2.24, 2.45) is 0 Å². The molecule has 0 saturated heterocycles. The van der Waals surface area contributed by atoms with Crippen LogP contribution in [0.25, 0.3) is 10.8 Å². The van der Waals surface area contributed by atoms with Gasteiger partial charge in [-0.25, -0.2) is 8.42 Å². The molecular weight excluding hydrogens is 348 g/mol. The molecule has 0 radical (unpaired) electrons. The Kier molecular flexibility index (Phi) is 5.35. The maximum absolute atomic E-state index is 12.7. The Balaban J connectivity index is 1.68. The molecule has 0 aliphatic rings. The Labute approximate surface area is 153 Å². The van der Waals surface area contributed by atoms with Crippen molar-refractivity contribution in [3.63, 3.8) is 0 Å². The van der Waals surface area contributed by atoms with Crippen molar-refractivity contribution in [1.29, 1.82) is 0 Å². The highest BCUT2D eigenvalue weighted by molar-refractivity contribution is 7.89. The van der Waals surface area contributed by atoms with Crippen molar-refractivity contribution >= 4 is 26.7 Å². The first-order valence-electron chi connectivity index (χ1n) is 8.22. The number of nitrogens with zero attached hydrogens (tertiary/aromatic N) is 1. The zero-order chi connectivity index (χ0) is 18.6. The number of benzene rings is 3. The number of nitrogens with one attached hydrogen (secondary N) is 1. The minimum Gasteiger partial charge on any atom is -0.351 e. The lowest BCUT2D eigenvalue weighted by Crippen LogP contribution is -2.38. The lowest BCUT2D eigenvalue weighted by molar-refractivity contribution is -0.121. The molecule has 0 saturated carbocycles. The third-order valence-corrected chi connectivity index (χ3v) is 5.93. The molecule has 0 heterocycles. The molecule has 0 aliphatic heterocycles. The number of carbonyl (C=O) groups is 1. The van der Waals surface area contributed by atoms with Crippen LogP contribution < -0.4 is 5.32 Å². The van der Waals surface area contributed by atoms with Gasteiger partial charge in [0, 0.05) is 13.6 Å². The van der Waals surface area contributed by atoms with Gasteiger partial charge in [0.05, 0.1) is 11.4 Å². The zero-order valence-electron chi connectivity index (χ0n) is 14.4. The van der Waals surface area contributed by atoms with Gasteiger partial charge in [0.25, 0.3) is 0 Å². The van der Waals surface area contributed by atoms with E-state index in [1.54, 1.807) is 18.2 Å². The van der Waals surface area contributed by atoms with E-state index in [1.165, 1.54) is 7.05 Å². The van der Waals surface area contributed by atoms with E-state index in [9.17, 15) is 13.2 Å². The van der Waals surface area contributed by atoms with Crippen LogP contribution in [0.15, 0.2) is 77.7 Å². The summed E-state index contributed by atoms with van der Waals surface area (Å²) in [5, 5.41) is 4.55. The topological polar surface area (TPSA) is 66.5 Å². The quantitative estimate of drug-likeness (QED) is 0.728. The fourth-order valence-corrected chi connectivity index (χ4v) is 3.81. The van der Waals surface area contributed by atoms with Crippen LogP contribution in [0.1, 0.15) is 5.56 Å². The average Bonchev–Trinajstić information content (AvgIpc) is 2.66. The summed E-state index contributed by atoms with van der Waals surface area (Å²) >= 11 is 0. The van der Waals surface area contributed by atoms with Crippen molar-refractivity contribution in [1.82, 2.24) is 9.62 Å². The third kappa shape index (κ3) is 4.09. The maximum Gasteiger partial charge on any atom is 0.243 e. The number of sulfonamides is 1. The normalized spacial score (nSPS) is 11.6. The van der Waals surface area contributed by atoms with Crippen molar-refractivity contribution in [3.8, 4) is 0 Å². The van der Waals surface area contributed by atoms with Gasteiger partial charge in [-0.05, 0) is 28.5 Å². The summed E-state index contributed by atoms with van der Waals surface area (Å²) in [6.45, 7) is 0.130. The molecule has 6 heteroatoms. The van der Waals surface area contributed by atoms with Gasteiger partial charge in [0.2, 0.25) is 15.9 Å². The molecular formula is C20H20N2O3S. The molecule has 26 heavy (non-hydrogen) atoms. The van der Waals surface area contributed by atoms with Crippen LogP contribution in [0.4, 0.5) is 0 Å². The van der Waals surface area contributed by atoms with E-state index in [4.69, 9.17) is 0 Å². The second kappa shape index (κ2) is 7.68. The van der Waals surface area contributed by atoms with Crippen LogP contribution in [0, 0.1) is 0 Å². The molecule has 3 aromatic rings. The van der Waals surface area contributed by atoms with Crippen molar-refractivity contribution in [2.45, 2.75) is 11.4 Å². The van der Waals surface area contributed by atoms with E-state index in [0.29, 0.717) is 6.54 Å². The maximum atomic E-state index is 12.7.